The van der Waals surface area contributed by atoms with E-state index in [4.69, 9.17) is 11.2 Å². The Kier molecular flexibility index (Phi) is 9.12. The number of ether oxygens (including phenoxy) is 1. The molecule has 1 fully saturated rings. The van der Waals surface area contributed by atoms with Gasteiger partial charge in [0.15, 0.2) is 0 Å². The van der Waals surface area contributed by atoms with E-state index < -0.39 is 5.97 Å². The molecule has 0 unspecified atom stereocenters. The number of carboxylic acid groups (broad SMARTS) is 1. The number of anilines is 1. The molecule has 0 saturated carbocycles. The van der Waals surface area contributed by atoms with E-state index in [1.54, 1.807) is 0 Å². The summed E-state index contributed by atoms with van der Waals surface area (Å²) in [4.78, 5) is 15.0. The normalized spacial score (nSPS) is 14.7. The first-order chi connectivity index (χ1) is 10.7. The summed E-state index contributed by atoms with van der Waals surface area (Å²) in [6.07, 6.45) is 5.96. The predicted octanol–water partition coefficient (Wildman–Crippen LogP) is -2.65. The maximum absolute atomic E-state index is 10.4. The van der Waals surface area contributed by atoms with E-state index in [-0.39, 0.29) is 42.6 Å². The number of carbonyl (C=O) groups is 1. The van der Waals surface area contributed by atoms with Gasteiger partial charge in [0.25, 0.3) is 0 Å². The van der Waals surface area contributed by atoms with Crippen LogP contribution < -0.4 is 44.3 Å². The summed E-state index contributed by atoms with van der Waals surface area (Å²) < 4.78 is 5.36. The van der Waals surface area contributed by atoms with Gasteiger partial charge in [-0.1, -0.05) is 5.92 Å². The Morgan fingerprint density at radius 2 is 1.87 bits per heavy atom. The smallest absolute Gasteiger partial charge is 0.550 e. The number of rotatable bonds is 7. The van der Waals surface area contributed by atoms with Crippen LogP contribution in [-0.2, 0) is 4.79 Å². The summed E-state index contributed by atoms with van der Waals surface area (Å²) in [6.45, 7) is 4.88. The van der Waals surface area contributed by atoms with Crippen LogP contribution in [0.25, 0.3) is 0 Å². The van der Waals surface area contributed by atoms with Crippen LogP contribution in [0.15, 0.2) is 24.3 Å². The van der Waals surface area contributed by atoms with Crippen molar-refractivity contribution in [2.24, 2.45) is 0 Å². The minimum Gasteiger partial charge on any atom is -0.550 e. The first-order valence-electron chi connectivity index (χ1n) is 7.52. The minimum atomic E-state index is -0.967. The van der Waals surface area contributed by atoms with Gasteiger partial charge in [0.1, 0.15) is 12.4 Å². The van der Waals surface area contributed by atoms with E-state index in [0.717, 1.165) is 38.5 Å². The zero-order valence-electron chi connectivity index (χ0n) is 13.7. The van der Waals surface area contributed by atoms with Gasteiger partial charge in [-0.2, -0.15) is 0 Å². The third kappa shape index (κ3) is 6.84. The SMILES string of the molecule is C#CCOc1ccc(N2CCN(CCCC(=O)[O-])CC2)cc1.[Na+]. The fourth-order valence-electron chi connectivity index (χ4n) is 2.55. The van der Waals surface area contributed by atoms with Crippen LogP contribution in [0, 0.1) is 12.3 Å². The van der Waals surface area contributed by atoms with Gasteiger partial charge >= 0.3 is 29.6 Å². The van der Waals surface area contributed by atoms with Crippen molar-refractivity contribution in [2.45, 2.75) is 12.8 Å². The summed E-state index contributed by atoms with van der Waals surface area (Å²) in [7, 11) is 0. The number of carbonyl (C=O) groups excluding carboxylic acids is 1. The van der Waals surface area contributed by atoms with Crippen LogP contribution in [0.4, 0.5) is 5.69 Å². The second-order valence-electron chi connectivity index (χ2n) is 5.29. The molecule has 0 aliphatic carbocycles. The molecule has 1 aromatic rings. The summed E-state index contributed by atoms with van der Waals surface area (Å²) in [5, 5.41) is 10.4. The van der Waals surface area contributed by atoms with E-state index in [0.29, 0.717) is 6.42 Å². The summed E-state index contributed by atoms with van der Waals surface area (Å²) in [6, 6.07) is 7.94. The topological polar surface area (TPSA) is 55.8 Å². The van der Waals surface area contributed by atoms with Crippen molar-refractivity contribution >= 4 is 11.7 Å². The second kappa shape index (κ2) is 10.6. The van der Waals surface area contributed by atoms with Gasteiger partial charge in [0, 0.05) is 37.8 Å². The number of nitrogens with zero attached hydrogens (tertiary/aromatic N) is 2. The molecule has 1 saturated heterocycles. The molecule has 23 heavy (non-hydrogen) atoms. The first-order valence-corrected chi connectivity index (χ1v) is 7.52. The zero-order valence-corrected chi connectivity index (χ0v) is 15.7. The number of piperazine rings is 1. The van der Waals surface area contributed by atoms with Gasteiger partial charge in [0.05, 0.1) is 0 Å². The number of benzene rings is 1. The van der Waals surface area contributed by atoms with Gasteiger partial charge < -0.3 is 19.5 Å². The molecule has 1 aromatic carbocycles. The molecule has 5 nitrogen and oxygen atoms in total. The van der Waals surface area contributed by atoms with Gasteiger partial charge in [-0.25, -0.2) is 0 Å². The van der Waals surface area contributed by atoms with E-state index in [2.05, 4.69) is 15.7 Å². The molecular weight excluding hydrogens is 303 g/mol. The molecule has 6 heteroatoms. The Bertz CT molecular complexity index is 520. The summed E-state index contributed by atoms with van der Waals surface area (Å²) >= 11 is 0. The minimum absolute atomic E-state index is 0. The van der Waals surface area contributed by atoms with Crippen LogP contribution in [0.5, 0.6) is 5.75 Å². The van der Waals surface area contributed by atoms with Crippen molar-refractivity contribution in [1.29, 1.82) is 0 Å². The van der Waals surface area contributed by atoms with Crippen molar-refractivity contribution in [2.75, 3.05) is 44.2 Å². The van der Waals surface area contributed by atoms with E-state index in [1.807, 2.05) is 24.3 Å². The molecule has 0 aromatic heterocycles. The number of carboxylic acids is 1. The standard InChI is InChI=1S/C17H22N2O3.Na/c1-2-14-22-16-7-5-15(6-8-16)19-12-10-18(11-13-19)9-3-4-17(20)21;/h1,5-8H,3-4,9-14H2,(H,20,21);/q;+1/p-1. The van der Waals surface area contributed by atoms with E-state index in [1.165, 1.54) is 5.69 Å². The van der Waals surface area contributed by atoms with Gasteiger partial charge in [-0.05, 0) is 43.7 Å². The number of hydrogen-bond acceptors (Lipinski definition) is 5. The van der Waals surface area contributed by atoms with Crippen LogP contribution in [0.3, 0.4) is 0 Å². The first kappa shape index (κ1) is 19.9. The van der Waals surface area contributed by atoms with Crippen molar-refractivity contribution in [1.82, 2.24) is 4.90 Å². The van der Waals surface area contributed by atoms with Gasteiger partial charge in [-0.15, -0.1) is 6.42 Å². The molecule has 0 bridgehead atoms. The Morgan fingerprint density at radius 1 is 1.22 bits per heavy atom. The third-order valence-electron chi connectivity index (χ3n) is 3.75. The third-order valence-corrected chi connectivity index (χ3v) is 3.75. The Hall–Kier alpha value is -1.19. The van der Waals surface area contributed by atoms with Crippen LogP contribution >= 0.6 is 0 Å². The average molecular weight is 324 g/mol. The predicted molar refractivity (Wildman–Crippen MR) is 83.7 cm³/mol. The Labute approximate surface area is 159 Å². The average Bonchev–Trinajstić information content (AvgIpc) is 2.54. The van der Waals surface area contributed by atoms with E-state index >= 15 is 0 Å². The molecule has 118 valence electrons. The molecule has 0 spiro atoms. The van der Waals surface area contributed by atoms with Crippen LogP contribution in [-0.4, -0.2) is 50.2 Å². The van der Waals surface area contributed by atoms with Gasteiger partial charge in [0.2, 0.25) is 0 Å². The molecule has 2 rings (SSSR count). The molecule has 1 aliphatic rings. The van der Waals surface area contributed by atoms with Crippen LogP contribution in [0.1, 0.15) is 12.8 Å². The number of hydrogen-bond donors (Lipinski definition) is 0. The fraction of sp³-hybridized carbons (Fsp3) is 0.471. The second-order valence-corrected chi connectivity index (χ2v) is 5.29. The quantitative estimate of drug-likeness (QED) is 0.405. The maximum atomic E-state index is 10.4. The van der Waals surface area contributed by atoms with Crippen molar-refractivity contribution in [3.8, 4) is 18.1 Å². The zero-order chi connectivity index (χ0) is 15.8. The number of aliphatic carboxylic acids is 1. The van der Waals surface area contributed by atoms with E-state index in [9.17, 15) is 9.90 Å². The molecule has 0 N–H and O–H groups in total. The molecule has 0 radical (unpaired) electrons. The van der Waals surface area contributed by atoms with Crippen molar-refractivity contribution < 1.29 is 44.2 Å². The molecule has 0 amide bonds. The maximum Gasteiger partial charge on any atom is 1.00 e. The molecule has 1 heterocycles. The largest absolute Gasteiger partial charge is 1.00 e. The Balaban J connectivity index is 0.00000264. The Morgan fingerprint density at radius 3 is 2.43 bits per heavy atom. The molecular formula is C17H21N2NaO3. The number of terminal acetylenes is 1. The molecule has 0 atom stereocenters. The monoisotopic (exact) mass is 324 g/mol. The van der Waals surface area contributed by atoms with Crippen LogP contribution in [0.2, 0.25) is 0 Å². The van der Waals surface area contributed by atoms with Crippen molar-refractivity contribution in [3.63, 3.8) is 0 Å². The molecule has 1 aliphatic heterocycles. The van der Waals surface area contributed by atoms with Crippen molar-refractivity contribution in [3.05, 3.63) is 24.3 Å². The summed E-state index contributed by atoms with van der Waals surface area (Å²) in [5.74, 6) is 2.26. The fourth-order valence-corrected chi connectivity index (χ4v) is 2.55. The van der Waals surface area contributed by atoms with Gasteiger partial charge in [-0.3, -0.25) is 4.90 Å². The summed E-state index contributed by atoms with van der Waals surface area (Å²) in [5.41, 5.74) is 1.17.